The van der Waals surface area contributed by atoms with Gasteiger partial charge in [0.1, 0.15) is 29.6 Å². The molecule has 1 aromatic heterocycles. The first-order chi connectivity index (χ1) is 18.5. The van der Waals surface area contributed by atoms with Gasteiger partial charge in [-0.25, -0.2) is 0 Å². The summed E-state index contributed by atoms with van der Waals surface area (Å²) in [7, 11) is 1.49. The zero-order chi connectivity index (χ0) is 26.6. The van der Waals surface area contributed by atoms with Crippen molar-refractivity contribution in [1.82, 2.24) is 4.90 Å². The molecule has 38 heavy (non-hydrogen) atoms. The van der Waals surface area contributed by atoms with Crippen molar-refractivity contribution in [2.24, 2.45) is 0 Å². The summed E-state index contributed by atoms with van der Waals surface area (Å²) in [6.07, 6.45) is 1.51. The van der Waals surface area contributed by atoms with Gasteiger partial charge in [0.15, 0.2) is 0 Å². The summed E-state index contributed by atoms with van der Waals surface area (Å²) in [5.41, 5.74) is 2.81. The average Bonchev–Trinajstić information content (AvgIpc) is 3.54. The van der Waals surface area contributed by atoms with Gasteiger partial charge in [0.2, 0.25) is 0 Å². The molecule has 1 saturated heterocycles. The van der Waals surface area contributed by atoms with Crippen molar-refractivity contribution in [3.05, 3.63) is 125 Å². The molecule has 1 unspecified atom stereocenters. The lowest BCUT2D eigenvalue weighted by Crippen LogP contribution is -2.29. The lowest BCUT2D eigenvalue weighted by Gasteiger charge is -2.25. The number of likely N-dealkylation sites (tertiary alicyclic amines) is 1. The number of benzene rings is 3. The molecule has 1 fully saturated rings. The third kappa shape index (κ3) is 4.91. The van der Waals surface area contributed by atoms with Crippen LogP contribution in [-0.2, 0) is 22.7 Å². The maximum atomic E-state index is 13.4. The number of ether oxygens (including phenoxy) is 2. The average molecular weight is 510 g/mol. The topological polar surface area (TPSA) is 89.2 Å². The van der Waals surface area contributed by atoms with Crippen molar-refractivity contribution in [1.29, 1.82) is 0 Å². The molecule has 0 saturated carbocycles. The molecular weight excluding hydrogens is 482 g/mol. The number of aliphatic hydroxyl groups is 1. The van der Waals surface area contributed by atoms with E-state index in [-0.39, 0.29) is 17.9 Å². The standard InChI is InChI=1S/C31H27NO6/c1-20-13-14-26(36-2)25(16-20)29(33)27-28(32(31(35)30(27)34)18-24-12-7-15-37-24)22-10-6-11-23(17-22)38-19-21-8-4-3-5-9-21/h3-17,28,33H,18-19H2,1-2H3/b29-27+. The van der Waals surface area contributed by atoms with Crippen molar-refractivity contribution in [3.63, 3.8) is 0 Å². The number of ketones is 1. The quantitative estimate of drug-likeness (QED) is 0.184. The van der Waals surface area contributed by atoms with Crippen molar-refractivity contribution in [2.75, 3.05) is 7.11 Å². The molecule has 192 valence electrons. The molecule has 0 aliphatic carbocycles. The molecule has 0 radical (unpaired) electrons. The van der Waals surface area contributed by atoms with Crippen LogP contribution in [0.5, 0.6) is 11.5 Å². The molecular formula is C31H27NO6. The van der Waals surface area contributed by atoms with Crippen molar-refractivity contribution in [3.8, 4) is 11.5 Å². The molecule has 1 atom stereocenters. The number of carbonyl (C=O) groups excluding carboxylic acids is 2. The second-order valence-electron chi connectivity index (χ2n) is 9.06. The summed E-state index contributed by atoms with van der Waals surface area (Å²) < 4.78 is 16.9. The van der Waals surface area contributed by atoms with E-state index in [1.807, 2.05) is 55.5 Å². The van der Waals surface area contributed by atoms with Crippen LogP contribution in [-0.4, -0.2) is 28.8 Å². The van der Waals surface area contributed by atoms with Crippen LogP contribution in [0.3, 0.4) is 0 Å². The van der Waals surface area contributed by atoms with E-state index in [1.165, 1.54) is 18.3 Å². The van der Waals surface area contributed by atoms with Gasteiger partial charge in [0, 0.05) is 0 Å². The number of aliphatic hydroxyl groups excluding tert-OH is 1. The van der Waals surface area contributed by atoms with Gasteiger partial charge in [-0.2, -0.15) is 0 Å². The Kier molecular flexibility index (Phi) is 7.00. The van der Waals surface area contributed by atoms with E-state index in [1.54, 1.807) is 36.4 Å². The van der Waals surface area contributed by atoms with E-state index in [2.05, 4.69) is 0 Å². The summed E-state index contributed by atoms with van der Waals surface area (Å²) >= 11 is 0. The van der Waals surface area contributed by atoms with Gasteiger partial charge in [0.05, 0.1) is 37.1 Å². The van der Waals surface area contributed by atoms with E-state index in [0.717, 1.165) is 11.1 Å². The molecule has 0 bridgehead atoms. The van der Waals surface area contributed by atoms with Crippen molar-refractivity contribution >= 4 is 17.4 Å². The largest absolute Gasteiger partial charge is 0.507 e. The Morgan fingerprint density at radius 2 is 1.79 bits per heavy atom. The van der Waals surface area contributed by atoms with Crippen LogP contribution in [0.15, 0.2) is 101 Å². The maximum absolute atomic E-state index is 13.4. The smallest absolute Gasteiger partial charge is 0.296 e. The van der Waals surface area contributed by atoms with E-state index in [9.17, 15) is 14.7 Å². The molecule has 4 aromatic rings. The number of aryl methyl sites for hydroxylation is 1. The highest BCUT2D eigenvalue weighted by Crippen LogP contribution is 2.42. The molecule has 7 nitrogen and oxygen atoms in total. The highest BCUT2D eigenvalue weighted by atomic mass is 16.5. The molecule has 1 N–H and O–H groups in total. The Hall–Kier alpha value is -4.78. The zero-order valence-electron chi connectivity index (χ0n) is 21.1. The fraction of sp³-hybridized carbons (Fsp3) is 0.161. The summed E-state index contributed by atoms with van der Waals surface area (Å²) in [4.78, 5) is 28.1. The molecule has 7 heteroatoms. The predicted octanol–water partition coefficient (Wildman–Crippen LogP) is 5.80. The summed E-state index contributed by atoms with van der Waals surface area (Å²) in [6, 6.07) is 24.8. The first-order valence-corrected chi connectivity index (χ1v) is 12.2. The zero-order valence-corrected chi connectivity index (χ0v) is 21.1. The van der Waals surface area contributed by atoms with E-state index in [0.29, 0.717) is 35.0 Å². The van der Waals surface area contributed by atoms with Crippen LogP contribution in [0.2, 0.25) is 0 Å². The first kappa shape index (κ1) is 24.9. The van der Waals surface area contributed by atoms with Crippen LogP contribution < -0.4 is 9.47 Å². The number of hydrogen-bond acceptors (Lipinski definition) is 6. The highest BCUT2D eigenvalue weighted by Gasteiger charge is 2.46. The molecule has 1 aliphatic heterocycles. The number of Topliss-reactive ketones (excluding diaryl/α,β-unsaturated/α-hetero) is 1. The number of amides is 1. The fourth-order valence-electron chi connectivity index (χ4n) is 4.63. The van der Waals surface area contributed by atoms with Crippen LogP contribution in [0.25, 0.3) is 5.76 Å². The summed E-state index contributed by atoms with van der Waals surface area (Å²) in [6.45, 7) is 2.28. The summed E-state index contributed by atoms with van der Waals surface area (Å²) in [5, 5.41) is 11.5. The first-order valence-electron chi connectivity index (χ1n) is 12.2. The lowest BCUT2D eigenvalue weighted by atomic mass is 9.94. The highest BCUT2D eigenvalue weighted by molar-refractivity contribution is 6.46. The van der Waals surface area contributed by atoms with Gasteiger partial charge in [0.25, 0.3) is 11.7 Å². The van der Waals surface area contributed by atoms with Gasteiger partial charge in [-0.3, -0.25) is 9.59 Å². The lowest BCUT2D eigenvalue weighted by molar-refractivity contribution is -0.140. The Labute approximate surface area is 220 Å². The van der Waals surface area contributed by atoms with Crippen molar-refractivity contribution in [2.45, 2.75) is 26.1 Å². The number of methoxy groups -OCH3 is 1. The minimum atomic E-state index is -0.870. The van der Waals surface area contributed by atoms with Crippen LogP contribution >= 0.6 is 0 Å². The molecule has 5 rings (SSSR count). The third-order valence-electron chi connectivity index (χ3n) is 6.48. The number of furan rings is 1. The number of hydrogen-bond donors (Lipinski definition) is 1. The third-order valence-corrected chi connectivity index (χ3v) is 6.48. The van der Waals surface area contributed by atoms with Crippen LogP contribution in [0.1, 0.15) is 34.1 Å². The molecule has 0 spiro atoms. The second-order valence-corrected chi connectivity index (χ2v) is 9.06. The molecule has 1 aliphatic rings. The second kappa shape index (κ2) is 10.7. The van der Waals surface area contributed by atoms with Gasteiger partial charge >= 0.3 is 0 Å². The normalized spacial score (nSPS) is 16.6. The summed E-state index contributed by atoms with van der Waals surface area (Å²) in [5.74, 6) is -0.325. The minimum Gasteiger partial charge on any atom is -0.507 e. The number of carbonyl (C=O) groups is 2. The maximum Gasteiger partial charge on any atom is 0.296 e. The number of rotatable bonds is 8. The SMILES string of the molecule is COc1ccc(C)cc1/C(O)=C1\C(=O)C(=O)N(Cc2ccco2)C1c1cccc(OCc2ccccc2)c1. The minimum absolute atomic E-state index is 0.0225. The van der Waals surface area contributed by atoms with Crippen LogP contribution in [0, 0.1) is 6.92 Å². The van der Waals surface area contributed by atoms with Gasteiger partial charge < -0.3 is 23.9 Å². The molecule has 3 aromatic carbocycles. The Morgan fingerprint density at radius 1 is 0.974 bits per heavy atom. The van der Waals surface area contributed by atoms with Crippen LogP contribution in [0.4, 0.5) is 0 Å². The Morgan fingerprint density at radius 3 is 2.53 bits per heavy atom. The fourth-order valence-corrected chi connectivity index (χ4v) is 4.63. The van der Waals surface area contributed by atoms with E-state index < -0.39 is 17.7 Å². The van der Waals surface area contributed by atoms with Crippen molar-refractivity contribution < 1.29 is 28.6 Å². The monoisotopic (exact) mass is 509 g/mol. The Balaban J connectivity index is 1.60. The molecule has 2 heterocycles. The molecule has 1 amide bonds. The van der Waals surface area contributed by atoms with E-state index >= 15 is 0 Å². The number of nitrogens with zero attached hydrogens (tertiary/aromatic N) is 1. The van der Waals surface area contributed by atoms with Gasteiger partial charge in [-0.1, -0.05) is 54.1 Å². The predicted molar refractivity (Wildman–Crippen MR) is 142 cm³/mol. The van der Waals surface area contributed by atoms with Gasteiger partial charge in [-0.15, -0.1) is 0 Å². The van der Waals surface area contributed by atoms with E-state index in [4.69, 9.17) is 13.9 Å². The Bertz CT molecular complexity index is 1490. The van der Waals surface area contributed by atoms with Gasteiger partial charge in [-0.05, 0) is 54.4 Å².